The van der Waals surface area contributed by atoms with E-state index < -0.39 is 11.4 Å². The Balaban J connectivity index is 1.48. The van der Waals surface area contributed by atoms with Crippen molar-refractivity contribution in [1.82, 2.24) is 10.5 Å². The van der Waals surface area contributed by atoms with Crippen molar-refractivity contribution in [2.75, 3.05) is 6.54 Å². The predicted octanol–water partition coefficient (Wildman–Crippen LogP) is 1.61. The molecule has 1 aliphatic carbocycles. The summed E-state index contributed by atoms with van der Waals surface area (Å²) < 4.78 is 22.5. The van der Waals surface area contributed by atoms with E-state index in [1.165, 1.54) is 11.6 Å². The Morgan fingerprint density at radius 2 is 2.00 bits per heavy atom. The van der Waals surface area contributed by atoms with E-state index in [9.17, 15) is 4.21 Å². The zero-order chi connectivity index (χ0) is 13.1. The first-order chi connectivity index (χ1) is 9.33. The molecule has 3 aliphatic rings. The van der Waals surface area contributed by atoms with Crippen molar-refractivity contribution in [3.05, 3.63) is 0 Å². The SMILES string of the molecule is O=S(OC1CCCCC1)ON1N=NC2CCCNC21. The molecule has 7 nitrogen and oxygen atoms in total. The molecule has 0 aromatic carbocycles. The molecule has 8 heteroatoms. The molecule has 2 aliphatic heterocycles. The average molecular weight is 288 g/mol. The van der Waals surface area contributed by atoms with Crippen LogP contribution in [0.1, 0.15) is 44.9 Å². The second-order valence-corrected chi connectivity index (χ2v) is 6.00. The highest BCUT2D eigenvalue weighted by atomic mass is 32.2. The molecule has 1 saturated heterocycles. The average Bonchev–Trinajstić information content (AvgIpc) is 2.83. The molecule has 3 atom stereocenters. The molecule has 0 radical (unpaired) electrons. The quantitative estimate of drug-likeness (QED) is 0.850. The third-order valence-electron chi connectivity index (χ3n) is 3.82. The molecule has 0 aromatic rings. The van der Waals surface area contributed by atoms with Gasteiger partial charge in [0.2, 0.25) is 0 Å². The first kappa shape index (κ1) is 13.4. The second-order valence-electron chi connectivity index (χ2n) is 5.25. The minimum atomic E-state index is -1.79. The molecule has 19 heavy (non-hydrogen) atoms. The molecule has 3 unspecified atom stereocenters. The lowest BCUT2D eigenvalue weighted by Gasteiger charge is -2.28. The van der Waals surface area contributed by atoms with Gasteiger partial charge in [0.1, 0.15) is 6.04 Å². The van der Waals surface area contributed by atoms with Gasteiger partial charge in [-0.1, -0.05) is 19.3 Å². The largest absolute Gasteiger partial charge is 0.329 e. The van der Waals surface area contributed by atoms with Crippen molar-refractivity contribution >= 4 is 11.4 Å². The van der Waals surface area contributed by atoms with E-state index in [1.807, 2.05) is 0 Å². The van der Waals surface area contributed by atoms with Crippen molar-refractivity contribution < 1.29 is 12.7 Å². The minimum Gasteiger partial charge on any atom is -0.292 e. The summed E-state index contributed by atoms with van der Waals surface area (Å²) in [6.45, 7) is 0.905. The number of piperidine rings is 1. The van der Waals surface area contributed by atoms with Crippen LogP contribution in [0.3, 0.4) is 0 Å². The standard InChI is InChI=1S/C11H20N4O3S/c16-19(17-9-5-2-1-3-6-9)18-15-11-10(13-14-15)7-4-8-12-11/h9-12H,1-8H2. The Morgan fingerprint density at radius 3 is 2.84 bits per heavy atom. The van der Waals surface area contributed by atoms with E-state index in [-0.39, 0.29) is 18.3 Å². The van der Waals surface area contributed by atoms with Crippen LogP contribution >= 0.6 is 0 Å². The summed E-state index contributed by atoms with van der Waals surface area (Å²) in [5.41, 5.74) is 0. The van der Waals surface area contributed by atoms with Crippen LogP contribution in [0.2, 0.25) is 0 Å². The monoisotopic (exact) mass is 288 g/mol. The Kier molecular flexibility index (Phi) is 4.42. The highest BCUT2D eigenvalue weighted by Crippen LogP contribution is 2.25. The van der Waals surface area contributed by atoms with Crippen molar-refractivity contribution in [3.63, 3.8) is 0 Å². The number of nitrogens with zero attached hydrogens (tertiary/aromatic N) is 3. The fraction of sp³-hybridized carbons (Fsp3) is 1.00. The molecular formula is C11H20N4O3S. The van der Waals surface area contributed by atoms with Crippen LogP contribution in [0, 0.1) is 0 Å². The van der Waals surface area contributed by atoms with Gasteiger partial charge in [0, 0.05) is 0 Å². The van der Waals surface area contributed by atoms with Crippen molar-refractivity contribution in [3.8, 4) is 0 Å². The van der Waals surface area contributed by atoms with Crippen molar-refractivity contribution in [1.29, 1.82) is 0 Å². The lowest BCUT2D eigenvalue weighted by molar-refractivity contribution is -0.100. The zero-order valence-corrected chi connectivity index (χ0v) is 11.7. The molecule has 2 heterocycles. The van der Waals surface area contributed by atoms with Crippen LogP contribution in [0.4, 0.5) is 0 Å². The van der Waals surface area contributed by atoms with Gasteiger partial charge in [0.25, 0.3) is 0 Å². The molecule has 1 saturated carbocycles. The Labute approximate surface area is 115 Å². The summed E-state index contributed by atoms with van der Waals surface area (Å²) >= 11 is -1.79. The molecule has 0 amide bonds. The van der Waals surface area contributed by atoms with Gasteiger partial charge in [-0.15, -0.1) is 9.46 Å². The third-order valence-corrected chi connectivity index (χ3v) is 4.53. The third kappa shape index (κ3) is 3.31. The fourth-order valence-corrected chi connectivity index (χ4v) is 3.48. The number of hydrogen-bond acceptors (Lipinski definition) is 7. The lowest BCUT2D eigenvalue weighted by Crippen LogP contribution is -2.50. The van der Waals surface area contributed by atoms with E-state index in [0.717, 1.165) is 45.1 Å². The van der Waals surface area contributed by atoms with Gasteiger partial charge in [-0.25, -0.2) is 0 Å². The van der Waals surface area contributed by atoms with Gasteiger partial charge in [0.15, 0.2) is 6.17 Å². The summed E-state index contributed by atoms with van der Waals surface area (Å²) in [7, 11) is 0. The number of hydroxylamine groups is 1. The van der Waals surface area contributed by atoms with Crippen molar-refractivity contribution in [2.24, 2.45) is 10.3 Å². The van der Waals surface area contributed by atoms with Crippen LogP contribution in [0.5, 0.6) is 0 Å². The Hall–Kier alpha value is -0.570. The predicted molar refractivity (Wildman–Crippen MR) is 68.7 cm³/mol. The van der Waals surface area contributed by atoms with Crippen LogP contribution < -0.4 is 5.32 Å². The van der Waals surface area contributed by atoms with Crippen molar-refractivity contribution in [2.45, 2.75) is 63.3 Å². The van der Waals surface area contributed by atoms with Gasteiger partial charge in [-0.2, -0.15) is 9.32 Å². The summed E-state index contributed by atoms with van der Waals surface area (Å²) in [4.78, 5) is 0. The fourth-order valence-electron chi connectivity index (χ4n) is 2.79. The second kappa shape index (κ2) is 6.25. The van der Waals surface area contributed by atoms with Gasteiger partial charge < -0.3 is 0 Å². The molecule has 1 N–H and O–H groups in total. The topological polar surface area (TPSA) is 75.5 Å². The molecule has 108 valence electrons. The number of nitrogens with one attached hydrogen (secondary N) is 1. The first-order valence-electron chi connectivity index (χ1n) is 7.03. The van der Waals surface area contributed by atoms with Crippen LogP contribution in [0.25, 0.3) is 0 Å². The van der Waals surface area contributed by atoms with Gasteiger partial charge in [0.05, 0.1) is 6.10 Å². The smallest absolute Gasteiger partial charge is 0.292 e. The number of rotatable bonds is 4. The maximum absolute atomic E-state index is 11.8. The van der Waals surface area contributed by atoms with Gasteiger partial charge in [-0.05, 0) is 37.5 Å². The number of fused-ring (bicyclic) bond motifs is 1. The zero-order valence-electron chi connectivity index (χ0n) is 10.9. The summed E-state index contributed by atoms with van der Waals surface area (Å²) in [6.07, 6.45) is 7.43. The summed E-state index contributed by atoms with van der Waals surface area (Å²) in [5, 5.41) is 12.6. The van der Waals surface area contributed by atoms with E-state index in [2.05, 4.69) is 15.7 Å². The molecule has 0 bridgehead atoms. The number of hydrogen-bond donors (Lipinski definition) is 1. The Morgan fingerprint density at radius 1 is 1.16 bits per heavy atom. The lowest BCUT2D eigenvalue weighted by atomic mass is 9.98. The molecular weight excluding hydrogens is 268 g/mol. The minimum absolute atomic E-state index is 0.0456. The van der Waals surface area contributed by atoms with Crippen LogP contribution in [-0.4, -0.2) is 34.2 Å². The molecule has 0 aromatic heterocycles. The van der Waals surface area contributed by atoms with E-state index in [1.54, 1.807) is 0 Å². The summed E-state index contributed by atoms with van der Waals surface area (Å²) in [6, 6.07) is 0.0976. The van der Waals surface area contributed by atoms with E-state index in [0.29, 0.717) is 0 Å². The normalized spacial score (nSPS) is 33.4. The maximum atomic E-state index is 11.8. The van der Waals surface area contributed by atoms with E-state index in [4.69, 9.17) is 8.47 Å². The van der Waals surface area contributed by atoms with Crippen LogP contribution in [0.15, 0.2) is 10.3 Å². The van der Waals surface area contributed by atoms with Gasteiger partial charge >= 0.3 is 11.4 Å². The van der Waals surface area contributed by atoms with Crippen LogP contribution in [-0.2, 0) is 19.8 Å². The van der Waals surface area contributed by atoms with E-state index >= 15 is 0 Å². The summed E-state index contributed by atoms with van der Waals surface area (Å²) in [5.74, 6) is 0. The maximum Gasteiger partial charge on any atom is 0.329 e. The molecule has 0 spiro atoms. The highest BCUT2D eigenvalue weighted by Gasteiger charge is 2.37. The molecule has 2 fully saturated rings. The molecule has 3 rings (SSSR count). The first-order valence-corrected chi connectivity index (χ1v) is 8.03. The highest BCUT2D eigenvalue weighted by molar-refractivity contribution is 7.75. The van der Waals surface area contributed by atoms with Gasteiger partial charge in [-0.3, -0.25) is 9.50 Å². The Bertz CT molecular complexity index is 362.